The lowest BCUT2D eigenvalue weighted by atomic mass is 9.64. The van der Waals surface area contributed by atoms with Crippen LogP contribution < -0.4 is 10.2 Å². The average molecular weight is 463 g/mol. The predicted molar refractivity (Wildman–Crippen MR) is 137 cm³/mol. The first-order valence-corrected chi connectivity index (χ1v) is 11.9. The van der Waals surface area contributed by atoms with Crippen molar-refractivity contribution in [3.63, 3.8) is 0 Å². The molecule has 35 heavy (non-hydrogen) atoms. The van der Waals surface area contributed by atoms with E-state index in [1.807, 2.05) is 79.4 Å². The van der Waals surface area contributed by atoms with E-state index >= 15 is 0 Å². The first-order chi connectivity index (χ1) is 16.8. The molecule has 0 radical (unpaired) electrons. The number of nitrogens with one attached hydrogen (secondary N) is 1. The van der Waals surface area contributed by atoms with Gasteiger partial charge in [0.1, 0.15) is 5.41 Å². The molecule has 1 saturated heterocycles. The molecule has 3 aromatic carbocycles. The number of rotatable bonds is 3. The van der Waals surface area contributed by atoms with E-state index in [2.05, 4.69) is 11.4 Å². The molecule has 0 saturated carbocycles. The molecule has 5 heteroatoms. The van der Waals surface area contributed by atoms with Crippen LogP contribution in [0.4, 0.5) is 11.4 Å². The number of fused-ring (bicyclic) bond motifs is 6. The summed E-state index contributed by atoms with van der Waals surface area (Å²) in [4.78, 5) is 43.7. The van der Waals surface area contributed by atoms with E-state index in [4.69, 9.17) is 0 Å². The Morgan fingerprint density at radius 2 is 1.66 bits per heavy atom. The van der Waals surface area contributed by atoms with Gasteiger partial charge in [-0.05, 0) is 50.1 Å². The van der Waals surface area contributed by atoms with Crippen LogP contribution in [0.5, 0.6) is 0 Å². The Bertz CT molecular complexity index is 1440. The van der Waals surface area contributed by atoms with Crippen LogP contribution in [-0.4, -0.2) is 29.6 Å². The Labute approximate surface area is 204 Å². The van der Waals surface area contributed by atoms with Gasteiger partial charge in [-0.3, -0.25) is 14.4 Å². The number of ketones is 2. The van der Waals surface area contributed by atoms with Gasteiger partial charge in [0.15, 0.2) is 11.6 Å². The van der Waals surface area contributed by atoms with Crippen LogP contribution in [0.25, 0.3) is 6.08 Å². The topological polar surface area (TPSA) is 66.5 Å². The van der Waals surface area contributed by atoms with Gasteiger partial charge >= 0.3 is 0 Å². The molecule has 3 aliphatic rings. The molecule has 1 spiro atoms. The number of aryl methyl sites for hydroxylation is 2. The molecule has 3 heterocycles. The van der Waals surface area contributed by atoms with E-state index in [-0.39, 0.29) is 17.5 Å². The molecule has 174 valence electrons. The maximum atomic E-state index is 14.3. The molecule has 1 N–H and O–H groups in total. The first kappa shape index (κ1) is 21.5. The molecule has 4 atom stereocenters. The van der Waals surface area contributed by atoms with Gasteiger partial charge in [0, 0.05) is 16.9 Å². The highest BCUT2D eigenvalue weighted by atomic mass is 16.2. The third-order valence-electron chi connectivity index (χ3n) is 7.82. The summed E-state index contributed by atoms with van der Waals surface area (Å²) >= 11 is 0. The number of hydrogen-bond donors (Lipinski definition) is 1. The zero-order valence-electron chi connectivity index (χ0n) is 19.9. The summed E-state index contributed by atoms with van der Waals surface area (Å²) in [5.41, 5.74) is 4.76. The van der Waals surface area contributed by atoms with Crippen molar-refractivity contribution in [2.24, 2.45) is 5.92 Å². The first-order valence-electron chi connectivity index (χ1n) is 11.9. The number of anilines is 2. The third kappa shape index (κ3) is 2.84. The van der Waals surface area contributed by atoms with E-state index in [0.717, 1.165) is 27.9 Å². The van der Waals surface area contributed by atoms with Crippen molar-refractivity contribution in [1.82, 2.24) is 0 Å². The standard InChI is InChI=1S/C30H26N2O3/c1-17-8-11-20(12-9-17)28(34)26-27(19(3)33)32-24-14-10-18(2)16-21(24)13-15-25(32)30(26)22-6-4-5-7-23(22)31-29(30)35/h4-16,25-27H,1-3H3,(H,31,35)/t25-,26+,27-,30-/m1/s1. The predicted octanol–water partition coefficient (Wildman–Crippen LogP) is 4.87. The Hall–Kier alpha value is -3.99. The molecule has 0 aromatic heterocycles. The monoisotopic (exact) mass is 462 g/mol. The third-order valence-corrected chi connectivity index (χ3v) is 7.82. The second-order valence-electron chi connectivity index (χ2n) is 9.91. The van der Waals surface area contributed by atoms with Crippen LogP contribution >= 0.6 is 0 Å². The second kappa shape index (κ2) is 7.51. The van der Waals surface area contributed by atoms with Crippen molar-refractivity contribution in [2.75, 3.05) is 10.2 Å². The normalized spacial score (nSPS) is 25.7. The fraction of sp³-hybridized carbons (Fsp3) is 0.233. The number of carbonyl (C=O) groups excluding carboxylic acids is 3. The second-order valence-corrected chi connectivity index (χ2v) is 9.91. The van der Waals surface area contributed by atoms with Gasteiger partial charge in [0.2, 0.25) is 5.91 Å². The van der Waals surface area contributed by atoms with Crippen molar-refractivity contribution >= 4 is 34.9 Å². The Kier molecular flexibility index (Phi) is 4.62. The summed E-state index contributed by atoms with van der Waals surface area (Å²) in [6, 6.07) is 19.8. The number of amides is 1. The molecular weight excluding hydrogens is 436 g/mol. The number of nitrogens with zero attached hydrogens (tertiary/aromatic N) is 1. The smallest absolute Gasteiger partial charge is 0.238 e. The minimum absolute atomic E-state index is 0.128. The highest BCUT2D eigenvalue weighted by molar-refractivity contribution is 6.16. The summed E-state index contributed by atoms with van der Waals surface area (Å²) < 4.78 is 0. The van der Waals surface area contributed by atoms with Crippen molar-refractivity contribution < 1.29 is 14.4 Å². The van der Waals surface area contributed by atoms with Crippen molar-refractivity contribution in [2.45, 2.75) is 38.3 Å². The molecular formula is C30H26N2O3. The van der Waals surface area contributed by atoms with Crippen molar-refractivity contribution in [1.29, 1.82) is 0 Å². The molecule has 3 aromatic rings. The van der Waals surface area contributed by atoms with Crippen LogP contribution in [0.3, 0.4) is 0 Å². The summed E-state index contributed by atoms with van der Waals surface area (Å²) in [5, 5.41) is 3.04. The van der Waals surface area contributed by atoms with Crippen LogP contribution in [0.1, 0.15) is 39.5 Å². The van der Waals surface area contributed by atoms with Gasteiger partial charge in [-0.1, -0.05) is 71.8 Å². The van der Waals surface area contributed by atoms with E-state index in [0.29, 0.717) is 11.3 Å². The van der Waals surface area contributed by atoms with Gasteiger partial charge in [0.25, 0.3) is 0 Å². The highest BCUT2D eigenvalue weighted by Crippen LogP contribution is 2.57. The number of Topliss-reactive ketones (excluding diaryl/α,β-unsaturated/α-hetero) is 2. The zero-order valence-corrected chi connectivity index (χ0v) is 19.9. The Morgan fingerprint density at radius 3 is 2.40 bits per heavy atom. The van der Waals surface area contributed by atoms with Crippen molar-refractivity contribution in [3.05, 3.63) is 101 Å². The van der Waals surface area contributed by atoms with Crippen LogP contribution in [0.15, 0.2) is 72.8 Å². The molecule has 1 amide bonds. The van der Waals surface area contributed by atoms with Crippen LogP contribution in [0, 0.1) is 19.8 Å². The summed E-state index contributed by atoms with van der Waals surface area (Å²) in [6.07, 6.45) is 4.03. The molecule has 6 rings (SSSR count). The summed E-state index contributed by atoms with van der Waals surface area (Å²) in [7, 11) is 0. The van der Waals surface area contributed by atoms with E-state index in [1.54, 1.807) is 12.1 Å². The average Bonchev–Trinajstić information content (AvgIpc) is 3.32. The van der Waals surface area contributed by atoms with Crippen molar-refractivity contribution in [3.8, 4) is 0 Å². The molecule has 0 aliphatic carbocycles. The largest absolute Gasteiger partial charge is 0.352 e. The molecule has 1 fully saturated rings. The lowest BCUT2D eigenvalue weighted by molar-refractivity contribution is -0.122. The minimum atomic E-state index is -1.23. The fourth-order valence-electron chi connectivity index (χ4n) is 6.35. The number of carbonyl (C=O) groups is 3. The lowest BCUT2D eigenvalue weighted by Crippen LogP contribution is -2.51. The maximum absolute atomic E-state index is 14.3. The van der Waals surface area contributed by atoms with Gasteiger partial charge < -0.3 is 10.2 Å². The van der Waals surface area contributed by atoms with Gasteiger partial charge in [0.05, 0.1) is 18.0 Å². The Balaban J connectivity index is 1.65. The molecule has 5 nitrogen and oxygen atoms in total. The lowest BCUT2D eigenvalue weighted by Gasteiger charge is -2.37. The number of benzene rings is 3. The minimum Gasteiger partial charge on any atom is -0.352 e. The van der Waals surface area contributed by atoms with E-state index < -0.39 is 23.4 Å². The zero-order chi connectivity index (χ0) is 24.5. The van der Waals surface area contributed by atoms with Crippen LogP contribution in [0.2, 0.25) is 0 Å². The van der Waals surface area contributed by atoms with Crippen LogP contribution in [-0.2, 0) is 15.0 Å². The van der Waals surface area contributed by atoms with E-state index in [1.165, 1.54) is 6.92 Å². The molecule has 3 aliphatic heterocycles. The molecule has 0 unspecified atom stereocenters. The number of para-hydroxylation sites is 1. The van der Waals surface area contributed by atoms with Gasteiger partial charge in [-0.15, -0.1) is 0 Å². The highest BCUT2D eigenvalue weighted by Gasteiger charge is 2.69. The SMILES string of the molecule is CC(=O)[C@@H]1[C@@H](C(=O)c2ccc(C)cc2)[C@]2(C(=O)Nc3ccccc32)[C@H]2C=Cc3cc(C)ccc3N12. The van der Waals surface area contributed by atoms with Gasteiger partial charge in [-0.2, -0.15) is 0 Å². The quantitative estimate of drug-likeness (QED) is 0.564. The Morgan fingerprint density at radius 1 is 0.943 bits per heavy atom. The maximum Gasteiger partial charge on any atom is 0.238 e. The van der Waals surface area contributed by atoms with Gasteiger partial charge in [-0.25, -0.2) is 0 Å². The number of hydrogen-bond acceptors (Lipinski definition) is 4. The fourth-order valence-corrected chi connectivity index (χ4v) is 6.35. The summed E-state index contributed by atoms with van der Waals surface area (Å²) in [5.74, 6) is -1.43. The molecule has 0 bridgehead atoms. The van der Waals surface area contributed by atoms with E-state index in [9.17, 15) is 14.4 Å². The summed E-state index contributed by atoms with van der Waals surface area (Å²) in [6.45, 7) is 5.52.